The molecule has 0 N–H and O–H groups in total. The van der Waals surface area contributed by atoms with Gasteiger partial charge in [-0.25, -0.2) is 5.11 Å². The zero-order chi connectivity index (χ0) is 4.12. The van der Waals surface area contributed by atoms with Crippen molar-refractivity contribution in [2.75, 3.05) is 6.61 Å². The fourth-order valence-electron chi connectivity index (χ4n) is 0.144. The van der Waals surface area contributed by atoms with E-state index in [1.165, 1.54) is 0 Å². The van der Waals surface area contributed by atoms with E-state index in [-0.39, 0.29) is 16.1 Å². The van der Waals surface area contributed by atoms with Crippen molar-refractivity contribution in [2.24, 2.45) is 0 Å². The van der Waals surface area contributed by atoms with Crippen molar-refractivity contribution in [3.8, 4) is 0 Å². The maximum Gasteiger partial charge on any atom is 0.0793 e. The normalized spacial score (nSPS) is 10.8. The van der Waals surface area contributed by atoms with Crippen LogP contribution in [0.25, 0.3) is 0 Å². The highest BCUT2D eigenvalue weighted by Crippen LogP contribution is 1.69. The highest BCUT2D eigenvalue weighted by molar-refractivity contribution is 6.33. The second-order valence-electron chi connectivity index (χ2n) is 1.06. The molecule has 0 heterocycles. The minimum Gasteiger partial charge on any atom is -0.237 e. The summed E-state index contributed by atoms with van der Waals surface area (Å²) in [5, 5.41) is 9.56. The van der Waals surface area contributed by atoms with Gasteiger partial charge in [0.25, 0.3) is 0 Å². The van der Waals surface area contributed by atoms with Crippen LogP contribution in [0.15, 0.2) is 0 Å². The lowest BCUT2D eigenvalue weighted by atomic mass is 10.9. The molecule has 0 amide bonds. The highest BCUT2D eigenvalue weighted by atomic mass is 28.2. The van der Waals surface area contributed by atoms with Crippen molar-refractivity contribution in [2.45, 2.75) is 12.6 Å². The quantitative estimate of drug-likeness (QED) is 0.426. The minimum absolute atomic E-state index is 0.101. The average molecular weight is 89.2 g/mol. The van der Waals surface area contributed by atoms with Crippen LogP contribution in [0.1, 0.15) is 0 Å². The molecule has 5 heavy (non-hydrogen) atoms. The van der Waals surface area contributed by atoms with E-state index in [0.29, 0.717) is 0 Å². The fraction of sp³-hybridized carbons (Fsp3) is 1.00. The Balaban J connectivity index is 2.19. The summed E-state index contributed by atoms with van der Waals surface area (Å²) in [7, 11) is 0.101. The van der Waals surface area contributed by atoms with Gasteiger partial charge in [-0.1, -0.05) is 6.55 Å². The van der Waals surface area contributed by atoms with Gasteiger partial charge in [-0.05, 0) is 6.04 Å². The molecule has 0 rings (SSSR count). The molecule has 0 aromatic heterocycles. The lowest BCUT2D eigenvalue weighted by Crippen LogP contribution is -1.82. The highest BCUT2D eigenvalue weighted by Gasteiger charge is 1.72. The first-order valence-corrected chi connectivity index (χ1v) is 4.41. The number of hydrogen-bond donors (Lipinski definition) is 0. The Hall–Kier alpha value is 0.177. The summed E-state index contributed by atoms with van der Waals surface area (Å²) in [5.41, 5.74) is 0. The topological polar surface area (TPSA) is 19.9 Å². The third-order valence-corrected chi connectivity index (χ3v) is 1.49. The zero-order valence-corrected chi connectivity index (χ0v) is 4.94. The molecule has 0 aromatic carbocycles. The fourth-order valence-corrected chi connectivity index (χ4v) is 0.433. The lowest BCUT2D eigenvalue weighted by molar-refractivity contribution is 0.212. The molecule has 0 aliphatic carbocycles. The van der Waals surface area contributed by atoms with Gasteiger partial charge in [0.2, 0.25) is 0 Å². The van der Waals surface area contributed by atoms with Crippen LogP contribution in [0, 0.1) is 0 Å². The van der Waals surface area contributed by atoms with Crippen LogP contribution < -0.4 is 0 Å². The molecule has 0 fully saturated rings. The van der Waals surface area contributed by atoms with E-state index in [1.54, 1.807) is 0 Å². The van der Waals surface area contributed by atoms with E-state index < -0.39 is 0 Å². The first-order valence-electron chi connectivity index (χ1n) is 2.00. The summed E-state index contributed by atoms with van der Waals surface area (Å²) in [4.78, 5) is 0. The van der Waals surface area contributed by atoms with Crippen molar-refractivity contribution >= 4 is 9.52 Å². The van der Waals surface area contributed by atoms with Gasteiger partial charge in [0.05, 0.1) is 6.61 Å². The number of hydrogen-bond acceptors (Lipinski definition) is 0. The van der Waals surface area contributed by atoms with E-state index >= 15 is 0 Å². The molecule has 0 saturated carbocycles. The van der Waals surface area contributed by atoms with Crippen molar-refractivity contribution in [3.63, 3.8) is 0 Å². The first kappa shape index (κ1) is 5.18. The van der Waals surface area contributed by atoms with E-state index in [4.69, 9.17) is 0 Å². The van der Waals surface area contributed by atoms with Gasteiger partial charge in [-0.3, -0.25) is 0 Å². The van der Waals surface area contributed by atoms with E-state index in [2.05, 4.69) is 6.55 Å². The third kappa shape index (κ3) is 4.18. The second-order valence-corrected chi connectivity index (χ2v) is 2.76. The Labute approximate surface area is 34.8 Å². The van der Waals surface area contributed by atoms with Crippen LogP contribution in [0.3, 0.4) is 0 Å². The van der Waals surface area contributed by atoms with Crippen LogP contribution in [0.5, 0.6) is 0 Å². The first-order chi connectivity index (χ1) is 2.41. The molecule has 0 bridgehead atoms. The smallest absolute Gasteiger partial charge is 0.0793 e. The predicted octanol–water partition coefficient (Wildman–Crippen LogP) is 0.0521. The van der Waals surface area contributed by atoms with Crippen LogP contribution >= 0.6 is 0 Å². The summed E-state index contributed by atoms with van der Waals surface area (Å²) in [5.74, 6) is 0. The zero-order valence-electron chi connectivity index (χ0n) is 3.53. The molecule has 0 unspecified atom stereocenters. The van der Waals surface area contributed by atoms with Crippen molar-refractivity contribution in [1.29, 1.82) is 0 Å². The molecular formula is C3H9OSi. The van der Waals surface area contributed by atoms with Crippen molar-refractivity contribution in [3.05, 3.63) is 0 Å². The molecule has 2 heteroatoms. The molecular weight excluding hydrogens is 80.1 g/mol. The summed E-state index contributed by atoms with van der Waals surface area (Å²) >= 11 is 0. The van der Waals surface area contributed by atoms with Crippen molar-refractivity contribution < 1.29 is 5.11 Å². The Morgan fingerprint density at radius 2 is 2.40 bits per heavy atom. The Bertz CT molecular complexity index is 14.4. The second kappa shape index (κ2) is 4.18. The minimum atomic E-state index is 0.101. The molecule has 31 valence electrons. The SMILES string of the molecule is C[SiH2]CC[O]. The van der Waals surface area contributed by atoms with Crippen LogP contribution in [-0.2, 0) is 5.11 Å². The van der Waals surface area contributed by atoms with Gasteiger partial charge >= 0.3 is 0 Å². The van der Waals surface area contributed by atoms with Gasteiger partial charge < -0.3 is 0 Å². The third-order valence-electron chi connectivity index (χ3n) is 0.498. The van der Waals surface area contributed by atoms with Crippen LogP contribution in [0.4, 0.5) is 0 Å². The van der Waals surface area contributed by atoms with E-state index in [1.807, 2.05) is 0 Å². The molecule has 1 nitrogen and oxygen atoms in total. The summed E-state index contributed by atoms with van der Waals surface area (Å²) in [6.45, 7) is 2.31. The molecule has 1 radical (unpaired) electrons. The van der Waals surface area contributed by atoms with E-state index in [9.17, 15) is 5.11 Å². The largest absolute Gasteiger partial charge is 0.237 e. The van der Waals surface area contributed by atoms with Gasteiger partial charge in [-0.2, -0.15) is 0 Å². The van der Waals surface area contributed by atoms with Gasteiger partial charge in [0, 0.05) is 9.52 Å². The van der Waals surface area contributed by atoms with Crippen LogP contribution in [0.2, 0.25) is 12.6 Å². The molecule has 0 aromatic rings. The molecule has 0 aliphatic rings. The standard InChI is InChI=1S/C3H9OSi/c1-5-3-2-4/h2-3,5H2,1H3. The average Bonchev–Trinajstić information content (AvgIpc) is 1.41. The predicted molar refractivity (Wildman–Crippen MR) is 24.8 cm³/mol. The maximum atomic E-state index is 9.56. The molecule has 0 aliphatic heterocycles. The maximum absolute atomic E-state index is 9.56. The Morgan fingerprint density at radius 1 is 1.80 bits per heavy atom. The van der Waals surface area contributed by atoms with Gasteiger partial charge in [-0.15, -0.1) is 0 Å². The summed E-state index contributed by atoms with van der Waals surface area (Å²) < 4.78 is 0. The molecule has 0 saturated heterocycles. The Kier molecular flexibility index (Phi) is 4.32. The van der Waals surface area contributed by atoms with Crippen molar-refractivity contribution in [1.82, 2.24) is 0 Å². The van der Waals surface area contributed by atoms with E-state index in [0.717, 1.165) is 6.04 Å². The number of rotatable bonds is 2. The monoisotopic (exact) mass is 89.0 g/mol. The van der Waals surface area contributed by atoms with Gasteiger partial charge in [0.15, 0.2) is 0 Å². The molecule has 0 atom stereocenters. The molecule has 0 spiro atoms. The van der Waals surface area contributed by atoms with Gasteiger partial charge in [0.1, 0.15) is 0 Å². The lowest BCUT2D eigenvalue weighted by Gasteiger charge is -1.75. The Morgan fingerprint density at radius 3 is 2.40 bits per heavy atom. The summed E-state index contributed by atoms with van der Waals surface area (Å²) in [6, 6.07) is 0.972. The van der Waals surface area contributed by atoms with Crippen LogP contribution in [-0.4, -0.2) is 16.1 Å². The summed E-state index contributed by atoms with van der Waals surface area (Å²) in [6.07, 6.45) is 0.